The summed E-state index contributed by atoms with van der Waals surface area (Å²) in [7, 11) is -1.96. The molecule has 1 atom stereocenters. The van der Waals surface area contributed by atoms with Gasteiger partial charge in [-0.2, -0.15) is 5.10 Å². The van der Waals surface area contributed by atoms with Gasteiger partial charge in [-0.05, 0) is 29.8 Å². The molecule has 0 bridgehead atoms. The molecule has 7 nitrogen and oxygen atoms in total. The van der Waals surface area contributed by atoms with E-state index in [1.807, 2.05) is 25.4 Å². The Morgan fingerprint density at radius 3 is 2.66 bits per heavy atom. The van der Waals surface area contributed by atoms with Gasteiger partial charge in [0.15, 0.2) is 5.65 Å². The minimum Gasteiger partial charge on any atom is -0.501 e. The molecular formula is C21H18N4O3S. The largest absolute Gasteiger partial charge is 0.501 e. The van der Waals surface area contributed by atoms with E-state index in [-0.39, 0.29) is 10.8 Å². The Labute approximate surface area is 167 Å². The van der Waals surface area contributed by atoms with Crippen molar-refractivity contribution in [2.45, 2.75) is 10.8 Å². The average Bonchev–Trinajstić information content (AvgIpc) is 3.47. The molecule has 1 aliphatic rings. The zero-order valence-corrected chi connectivity index (χ0v) is 16.5. The molecule has 8 heteroatoms. The van der Waals surface area contributed by atoms with E-state index in [0.29, 0.717) is 12.3 Å². The van der Waals surface area contributed by atoms with Crippen LogP contribution in [0.15, 0.2) is 78.4 Å². The second-order valence-electron chi connectivity index (χ2n) is 6.97. The molecule has 1 aromatic carbocycles. The standard InChI is InChI=1S/C21H18N4O3S/c1-24-12-17(11-23-24)20-13-25(29(26,27)18-5-3-2-4-6-18)21-19(20)9-16(10-22-21)15-7-8-28-14-15/h2-13,15H,14H2,1H3. The van der Waals surface area contributed by atoms with Crippen LogP contribution in [-0.4, -0.2) is 33.8 Å². The summed E-state index contributed by atoms with van der Waals surface area (Å²) in [4.78, 5) is 4.75. The maximum absolute atomic E-state index is 13.3. The molecule has 0 spiro atoms. The lowest BCUT2D eigenvalue weighted by molar-refractivity contribution is 0.269. The van der Waals surface area contributed by atoms with Crippen molar-refractivity contribution in [1.82, 2.24) is 18.7 Å². The number of aromatic nitrogens is 4. The molecule has 4 aromatic rings. The van der Waals surface area contributed by atoms with Gasteiger partial charge in [-0.25, -0.2) is 17.4 Å². The molecule has 1 aliphatic heterocycles. The summed E-state index contributed by atoms with van der Waals surface area (Å²) in [5.41, 5.74) is 2.96. The third kappa shape index (κ3) is 2.92. The molecule has 3 aromatic heterocycles. The van der Waals surface area contributed by atoms with Gasteiger partial charge in [0.1, 0.15) is 0 Å². The monoisotopic (exact) mass is 406 g/mol. The number of pyridine rings is 1. The first kappa shape index (κ1) is 17.7. The smallest absolute Gasteiger partial charge is 0.269 e. The highest BCUT2D eigenvalue weighted by molar-refractivity contribution is 7.90. The van der Waals surface area contributed by atoms with E-state index in [4.69, 9.17) is 4.74 Å². The first-order valence-electron chi connectivity index (χ1n) is 9.13. The number of hydrogen-bond donors (Lipinski definition) is 0. The molecular weight excluding hydrogens is 388 g/mol. The van der Waals surface area contributed by atoms with E-state index < -0.39 is 10.0 Å². The number of rotatable bonds is 4. The molecule has 0 saturated carbocycles. The Kier molecular flexibility index (Phi) is 4.02. The summed E-state index contributed by atoms with van der Waals surface area (Å²) in [6, 6.07) is 10.4. The van der Waals surface area contributed by atoms with E-state index in [9.17, 15) is 8.42 Å². The molecule has 5 rings (SSSR count). The first-order chi connectivity index (χ1) is 14.0. The molecule has 29 heavy (non-hydrogen) atoms. The van der Waals surface area contributed by atoms with Crippen LogP contribution in [0.5, 0.6) is 0 Å². The van der Waals surface area contributed by atoms with Gasteiger partial charge in [0.25, 0.3) is 10.0 Å². The zero-order chi connectivity index (χ0) is 20.0. The fourth-order valence-electron chi connectivity index (χ4n) is 3.55. The zero-order valence-electron chi connectivity index (χ0n) is 15.6. The van der Waals surface area contributed by atoms with Gasteiger partial charge in [-0.15, -0.1) is 0 Å². The summed E-state index contributed by atoms with van der Waals surface area (Å²) in [5.74, 6) is 0.0997. The number of hydrogen-bond acceptors (Lipinski definition) is 5. The molecule has 0 amide bonds. The van der Waals surface area contributed by atoms with Crippen molar-refractivity contribution in [3.05, 3.63) is 79.1 Å². The Morgan fingerprint density at radius 1 is 1.14 bits per heavy atom. The molecule has 146 valence electrons. The van der Waals surface area contributed by atoms with Crippen molar-refractivity contribution < 1.29 is 13.2 Å². The van der Waals surface area contributed by atoms with Crippen LogP contribution in [0.3, 0.4) is 0 Å². The number of ether oxygens (including phenoxy) is 1. The van der Waals surface area contributed by atoms with Crippen molar-refractivity contribution in [3.63, 3.8) is 0 Å². The number of fused-ring (bicyclic) bond motifs is 1. The van der Waals surface area contributed by atoms with Crippen molar-refractivity contribution in [1.29, 1.82) is 0 Å². The van der Waals surface area contributed by atoms with E-state index in [0.717, 1.165) is 22.1 Å². The maximum atomic E-state index is 13.3. The van der Waals surface area contributed by atoms with Crippen LogP contribution in [0.2, 0.25) is 0 Å². The Balaban J connectivity index is 1.76. The van der Waals surface area contributed by atoms with Gasteiger partial charge in [0, 0.05) is 48.1 Å². The first-order valence-corrected chi connectivity index (χ1v) is 10.6. The van der Waals surface area contributed by atoms with E-state index in [2.05, 4.69) is 10.1 Å². The maximum Gasteiger partial charge on any atom is 0.269 e. The van der Waals surface area contributed by atoms with Crippen LogP contribution < -0.4 is 0 Å². The molecule has 0 radical (unpaired) electrons. The van der Waals surface area contributed by atoms with Gasteiger partial charge in [-0.1, -0.05) is 18.2 Å². The Morgan fingerprint density at radius 2 is 1.97 bits per heavy atom. The predicted octanol–water partition coefficient (Wildman–Crippen LogP) is 3.30. The molecule has 0 fully saturated rings. The summed E-state index contributed by atoms with van der Waals surface area (Å²) in [6.45, 7) is 0.554. The third-order valence-corrected chi connectivity index (χ3v) is 6.72. The minimum absolute atomic E-state index is 0.0997. The van der Waals surface area contributed by atoms with Crippen LogP contribution in [0.25, 0.3) is 22.2 Å². The summed E-state index contributed by atoms with van der Waals surface area (Å²) in [5, 5.41) is 5.00. The third-order valence-electron chi connectivity index (χ3n) is 5.06. The highest BCUT2D eigenvalue weighted by Crippen LogP contribution is 2.34. The number of nitrogens with zero attached hydrogens (tertiary/aromatic N) is 4. The normalized spacial score (nSPS) is 16.4. The topological polar surface area (TPSA) is 79.0 Å². The van der Waals surface area contributed by atoms with Crippen LogP contribution in [0, 0.1) is 0 Å². The highest BCUT2D eigenvalue weighted by atomic mass is 32.2. The van der Waals surface area contributed by atoms with Gasteiger partial charge >= 0.3 is 0 Å². The summed E-state index contributed by atoms with van der Waals surface area (Å²) < 4.78 is 34.9. The van der Waals surface area contributed by atoms with Gasteiger partial charge in [-0.3, -0.25) is 4.68 Å². The molecule has 0 aliphatic carbocycles. The second kappa shape index (κ2) is 6.59. The minimum atomic E-state index is -3.79. The van der Waals surface area contributed by atoms with Crippen molar-refractivity contribution in [3.8, 4) is 11.1 Å². The average molecular weight is 406 g/mol. The van der Waals surface area contributed by atoms with Crippen molar-refractivity contribution >= 4 is 21.1 Å². The van der Waals surface area contributed by atoms with Crippen molar-refractivity contribution in [2.24, 2.45) is 7.05 Å². The van der Waals surface area contributed by atoms with Crippen LogP contribution in [0.1, 0.15) is 11.5 Å². The summed E-state index contributed by atoms with van der Waals surface area (Å²) in [6.07, 6.45) is 10.6. The lowest BCUT2D eigenvalue weighted by atomic mass is 10.0. The molecule has 4 heterocycles. The predicted molar refractivity (Wildman–Crippen MR) is 109 cm³/mol. The quantitative estimate of drug-likeness (QED) is 0.520. The number of benzene rings is 1. The fourth-order valence-corrected chi connectivity index (χ4v) is 4.90. The summed E-state index contributed by atoms with van der Waals surface area (Å²) >= 11 is 0. The van der Waals surface area contributed by atoms with Crippen LogP contribution in [0.4, 0.5) is 0 Å². The lowest BCUT2D eigenvalue weighted by Crippen LogP contribution is -2.12. The Bertz CT molecular complexity index is 1340. The van der Waals surface area contributed by atoms with Gasteiger partial charge in [0.05, 0.1) is 24.0 Å². The fraction of sp³-hybridized carbons (Fsp3) is 0.143. The lowest BCUT2D eigenvalue weighted by Gasteiger charge is -2.09. The van der Waals surface area contributed by atoms with Gasteiger partial charge in [0.2, 0.25) is 0 Å². The van der Waals surface area contributed by atoms with Gasteiger partial charge < -0.3 is 4.74 Å². The molecule has 1 unspecified atom stereocenters. The molecule has 0 N–H and O–H groups in total. The van der Waals surface area contributed by atoms with E-state index >= 15 is 0 Å². The van der Waals surface area contributed by atoms with Crippen molar-refractivity contribution in [2.75, 3.05) is 6.61 Å². The second-order valence-corrected chi connectivity index (χ2v) is 8.78. The van der Waals surface area contributed by atoms with Crippen LogP contribution in [-0.2, 0) is 21.8 Å². The molecule has 0 saturated heterocycles. The van der Waals surface area contributed by atoms with E-state index in [1.54, 1.807) is 59.9 Å². The highest BCUT2D eigenvalue weighted by Gasteiger charge is 2.24. The SMILES string of the molecule is Cn1cc(-c2cn(S(=O)(=O)c3ccccc3)c3ncc(C4C=COC4)cc23)cn1. The van der Waals surface area contributed by atoms with E-state index in [1.165, 1.54) is 3.97 Å². The Hall–Kier alpha value is -3.39. The van der Waals surface area contributed by atoms with Crippen LogP contribution >= 0.6 is 0 Å². The number of aryl methyl sites for hydroxylation is 1.